The molecule has 210 valence electrons. The molecule has 1 fully saturated rings. The number of carbonyl (C=O) groups excluding carboxylic acids is 2. The van der Waals surface area contributed by atoms with Gasteiger partial charge in [-0.15, -0.1) is 0 Å². The van der Waals surface area contributed by atoms with Crippen LogP contribution in [-0.2, 0) is 15.0 Å². The molecule has 1 atom stereocenters. The third-order valence-corrected chi connectivity index (χ3v) is 7.43. The van der Waals surface area contributed by atoms with Crippen molar-refractivity contribution in [1.29, 1.82) is 0 Å². The molecule has 0 bridgehead atoms. The SMILES string of the molecule is CCN(CC)c1ccc(C2/C(=C(\O)c3cc(C(C)(C)C)ccc3OC)C(=O)C(=O)N2c2cccc(OC)c2)cc1. The summed E-state index contributed by atoms with van der Waals surface area (Å²) < 4.78 is 11.0. The quantitative estimate of drug-likeness (QED) is 0.200. The van der Waals surface area contributed by atoms with Crippen molar-refractivity contribution < 1.29 is 24.2 Å². The minimum Gasteiger partial charge on any atom is -0.507 e. The summed E-state index contributed by atoms with van der Waals surface area (Å²) >= 11 is 0. The summed E-state index contributed by atoms with van der Waals surface area (Å²) in [6.45, 7) is 12.1. The van der Waals surface area contributed by atoms with Crippen molar-refractivity contribution in [2.24, 2.45) is 0 Å². The zero-order chi connectivity index (χ0) is 29.2. The zero-order valence-corrected chi connectivity index (χ0v) is 24.3. The lowest BCUT2D eigenvalue weighted by atomic mass is 9.85. The van der Waals surface area contributed by atoms with Crippen LogP contribution in [0.5, 0.6) is 11.5 Å². The predicted molar refractivity (Wildman–Crippen MR) is 159 cm³/mol. The Hall–Kier alpha value is -4.26. The van der Waals surface area contributed by atoms with Gasteiger partial charge in [-0.1, -0.05) is 45.0 Å². The van der Waals surface area contributed by atoms with Crippen molar-refractivity contribution in [3.05, 3.63) is 89.0 Å². The number of hydrogen-bond acceptors (Lipinski definition) is 6. The summed E-state index contributed by atoms with van der Waals surface area (Å²) in [5.41, 5.74) is 3.34. The van der Waals surface area contributed by atoms with Crippen LogP contribution in [-0.4, -0.2) is 44.1 Å². The minimum atomic E-state index is -0.860. The second-order valence-corrected chi connectivity index (χ2v) is 10.8. The molecular formula is C33H38N2O5. The second kappa shape index (κ2) is 11.5. The maximum atomic E-state index is 13.7. The molecule has 0 aromatic heterocycles. The molecule has 3 aromatic carbocycles. The van der Waals surface area contributed by atoms with E-state index in [1.165, 1.54) is 12.0 Å². The average molecular weight is 543 g/mol. The highest BCUT2D eigenvalue weighted by atomic mass is 16.5. The van der Waals surface area contributed by atoms with E-state index in [0.29, 0.717) is 28.3 Å². The molecule has 1 saturated heterocycles. The first-order valence-corrected chi connectivity index (χ1v) is 13.5. The van der Waals surface area contributed by atoms with E-state index in [2.05, 4.69) is 39.5 Å². The molecule has 4 rings (SSSR count). The average Bonchev–Trinajstić information content (AvgIpc) is 3.22. The van der Waals surface area contributed by atoms with Crippen molar-refractivity contribution in [3.8, 4) is 11.5 Å². The van der Waals surface area contributed by atoms with E-state index in [9.17, 15) is 14.7 Å². The summed E-state index contributed by atoms with van der Waals surface area (Å²) in [7, 11) is 3.06. The Kier molecular flexibility index (Phi) is 8.24. The summed E-state index contributed by atoms with van der Waals surface area (Å²) in [6.07, 6.45) is 0. The van der Waals surface area contributed by atoms with Gasteiger partial charge in [0.2, 0.25) is 0 Å². The first-order chi connectivity index (χ1) is 19.0. The highest BCUT2D eigenvalue weighted by Gasteiger charge is 2.47. The summed E-state index contributed by atoms with van der Waals surface area (Å²) in [5, 5.41) is 11.8. The van der Waals surface area contributed by atoms with Crippen molar-refractivity contribution in [1.82, 2.24) is 0 Å². The van der Waals surface area contributed by atoms with Crippen LogP contribution in [0.1, 0.15) is 57.4 Å². The smallest absolute Gasteiger partial charge is 0.300 e. The number of ketones is 1. The van der Waals surface area contributed by atoms with Crippen LogP contribution in [0.25, 0.3) is 5.76 Å². The molecule has 1 aliphatic rings. The fourth-order valence-electron chi connectivity index (χ4n) is 5.14. The van der Waals surface area contributed by atoms with E-state index in [1.54, 1.807) is 37.4 Å². The number of Topliss-reactive ketones (excluding diaryl/α,β-unsaturated/α-hetero) is 1. The van der Waals surface area contributed by atoms with Gasteiger partial charge in [0.25, 0.3) is 11.7 Å². The van der Waals surface area contributed by atoms with Gasteiger partial charge in [-0.3, -0.25) is 14.5 Å². The van der Waals surface area contributed by atoms with E-state index < -0.39 is 17.7 Å². The summed E-state index contributed by atoms with van der Waals surface area (Å²) in [5.74, 6) is -0.798. The number of carbonyl (C=O) groups is 2. The van der Waals surface area contributed by atoms with Gasteiger partial charge in [0.05, 0.1) is 31.4 Å². The van der Waals surface area contributed by atoms with E-state index in [0.717, 1.165) is 24.3 Å². The molecule has 40 heavy (non-hydrogen) atoms. The van der Waals surface area contributed by atoms with Gasteiger partial charge in [-0.25, -0.2) is 0 Å². The number of nitrogens with zero attached hydrogens (tertiary/aromatic N) is 2. The summed E-state index contributed by atoms with van der Waals surface area (Å²) in [6, 6.07) is 19.5. The van der Waals surface area contributed by atoms with Gasteiger partial charge in [-0.05, 0) is 66.8 Å². The molecule has 1 amide bonds. The fourth-order valence-corrected chi connectivity index (χ4v) is 5.14. The van der Waals surface area contributed by atoms with Gasteiger partial charge in [-0.2, -0.15) is 0 Å². The predicted octanol–water partition coefficient (Wildman–Crippen LogP) is 6.47. The van der Waals surface area contributed by atoms with Crippen molar-refractivity contribution in [3.63, 3.8) is 0 Å². The zero-order valence-electron chi connectivity index (χ0n) is 24.3. The lowest BCUT2D eigenvalue weighted by molar-refractivity contribution is -0.132. The highest BCUT2D eigenvalue weighted by molar-refractivity contribution is 6.51. The van der Waals surface area contributed by atoms with Crippen molar-refractivity contribution in [2.75, 3.05) is 37.1 Å². The maximum Gasteiger partial charge on any atom is 0.300 e. The number of anilines is 2. The number of aliphatic hydroxyl groups excluding tert-OH is 1. The van der Waals surface area contributed by atoms with Crippen LogP contribution >= 0.6 is 0 Å². The summed E-state index contributed by atoms with van der Waals surface area (Å²) in [4.78, 5) is 31.0. The van der Waals surface area contributed by atoms with Crippen LogP contribution in [0.15, 0.2) is 72.3 Å². The number of rotatable bonds is 8. The molecule has 1 aliphatic heterocycles. The number of hydrogen-bond donors (Lipinski definition) is 1. The number of amides is 1. The Morgan fingerprint density at radius 3 is 2.17 bits per heavy atom. The number of ether oxygens (including phenoxy) is 2. The van der Waals surface area contributed by atoms with E-state index in [-0.39, 0.29) is 16.7 Å². The van der Waals surface area contributed by atoms with Crippen LogP contribution in [0.4, 0.5) is 11.4 Å². The van der Waals surface area contributed by atoms with Crippen LogP contribution in [0, 0.1) is 0 Å². The second-order valence-electron chi connectivity index (χ2n) is 10.8. The lowest BCUT2D eigenvalue weighted by Crippen LogP contribution is -2.29. The third-order valence-electron chi connectivity index (χ3n) is 7.43. The Morgan fingerprint density at radius 2 is 1.60 bits per heavy atom. The monoisotopic (exact) mass is 542 g/mol. The van der Waals surface area contributed by atoms with Gasteiger partial charge < -0.3 is 19.5 Å². The molecular weight excluding hydrogens is 504 g/mol. The van der Waals surface area contributed by atoms with Crippen molar-refractivity contribution >= 4 is 28.8 Å². The van der Waals surface area contributed by atoms with Gasteiger partial charge in [0.1, 0.15) is 17.3 Å². The molecule has 0 spiro atoms. The van der Waals surface area contributed by atoms with Gasteiger partial charge in [0, 0.05) is 30.5 Å². The standard InChI is InChI=1S/C33H38N2O5/c1-8-34(9-2)23-16-13-21(14-17-23)29-28(30(36)26-19-22(33(3,4)5)15-18-27(26)40-7)31(37)32(38)35(29)24-11-10-12-25(20-24)39-6/h10-20,29,36H,8-9H2,1-7H3/b30-28+. The molecule has 1 heterocycles. The Labute approximate surface area is 236 Å². The third kappa shape index (κ3) is 5.28. The molecule has 0 saturated carbocycles. The number of benzene rings is 3. The van der Waals surface area contributed by atoms with Crippen LogP contribution < -0.4 is 19.3 Å². The molecule has 1 unspecified atom stereocenters. The minimum absolute atomic E-state index is 0.00719. The highest BCUT2D eigenvalue weighted by Crippen LogP contribution is 2.44. The molecule has 1 N–H and O–H groups in total. The molecule has 0 radical (unpaired) electrons. The van der Waals surface area contributed by atoms with Gasteiger partial charge >= 0.3 is 0 Å². The number of methoxy groups -OCH3 is 2. The largest absolute Gasteiger partial charge is 0.507 e. The first-order valence-electron chi connectivity index (χ1n) is 13.5. The Bertz CT molecular complexity index is 1430. The van der Waals surface area contributed by atoms with E-state index in [4.69, 9.17) is 9.47 Å². The number of aliphatic hydroxyl groups is 1. The Morgan fingerprint density at radius 1 is 0.925 bits per heavy atom. The van der Waals surface area contributed by atoms with E-state index >= 15 is 0 Å². The van der Waals surface area contributed by atoms with E-state index in [1.807, 2.05) is 36.4 Å². The van der Waals surface area contributed by atoms with Crippen LogP contribution in [0.2, 0.25) is 0 Å². The lowest BCUT2D eigenvalue weighted by Gasteiger charge is -2.27. The Balaban J connectivity index is 1.97. The molecule has 7 heteroatoms. The molecule has 0 aliphatic carbocycles. The first kappa shape index (κ1) is 28.7. The van der Waals surface area contributed by atoms with Crippen LogP contribution in [0.3, 0.4) is 0 Å². The maximum absolute atomic E-state index is 13.7. The topological polar surface area (TPSA) is 79.3 Å². The molecule has 7 nitrogen and oxygen atoms in total. The van der Waals surface area contributed by atoms with Gasteiger partial charge in [0.15, 0.2) is 0 Å². The van der Waals surface area contributed by atoms with Crippen molar-refractivity contribution in [2.45, 2.75) is 46.1 Å². The normalized spacial score (nSPS) is 16.8. The fraction of sp³-hybridized carbons (Fsp3) is 0.333. The molecule has 3 aromatic rings.